The first-order chi connectivity index (χ1) is 8.23. The van der Waals surface area contributed by atoms with Gasteiger partial charge in [0.25, 0.3) is 0 Å². The first-order valence-corrected chi connectivity index (χ1v) is 5.95. The van der Waals surface area contributed by atoms with Crippen LogP contribution in [0, 0.1) is 0 Å². The van der Waals surface area contributed by atoms with Crippen LogP contribution in [-0.4, -0.2) is 12.5 Å². The van der Waals surface area contributed by atoms with Gasteiger partial charge >= 0.3 is 0 Å². The average molecular weight is 229 g/mol. The predicted molar refractivity (Wildman–Crippen MR) is 65.7 cm³/mol. The summed E-state index contributed by atoms with van der Waals surface area (Å²) in [7, 11) is 0. The molecule has 3 rings (SSSR count). The highest BCUT2D eigenvalue weighted by Gasteiger charge is 2.45. The normalized spacial score (nSPS) is 26.9. The van der Waals surface area contributed by atoms with Crippen LogP contribution >= 0.6 is 0 Å². The Bertz CT molecular complexity index is 507. The number of para-hydroxylation sites is 1. The zero-order chi connectivity index (χ0) is 11.9. The molecule has 0 aliphatic carbocycles. The van der Waals surface area contributed by atoms with Crippen LogP contribution in [0.1, 0.15) is 25.3 Å². The number of amides is 1. The van der Waals surface area contributed by atoms with Crippen molar-refractivity contribution < 1.29 is 9.53 Å². The summed E-state index contributed by atoms with van der Waals surface area (Å²) in [4.78, 5) is 12.2. The number of nitrogens with one attached hydrogen (secondary N) is 1. The number of fused-ring (bicyclic) bond motifs is 1. The Kier molecular flexibility index (Phi) is 2.21. The number of hydrogen-bond acceptors (Lipinski definition) is 2. The summed E-state index contributed by atoms with van der Waals surface area (Å²) in [5.74, 6) is 0.0513. The number of carbonyl (C=O) groups is 1. The summed E-state index contributed by atoms with van der Waals surface area (Å²) in [6.45, 7) is 2.73. The summed E-state index contributed by atoms with van der Waals surface area (Å²) in [6.07, 6.45) is 3.68. The molecule has 1 unspecified atom stereocenters. The summed E-state index contributed by atoms with van der Waals surface area (Å²) in [6, 6.07) is 7.88. The standard InChI is InChI=1S/C14H15NO2/c1-14(10-5-4-8-17-9-10)11-6-2-3-7-12(11)15-13(14)16/h2-3,6-7,9H,4-5,8H2,1H3,(H,15,16). The Hall–Kier alpha value is -1.77. The Labute approximate surface area is 100 Å². The molecule has 1 N–H and O–H groups in total. The maximum Gasteiger partial charge on any atom is 0.239 e. The third-order valence-electron chi connectivity index (χ3n) is 3.74. The van der Waals surface area contributed by atoms with E-state index < -0.39 is 5.41 Å². The molecule has 0 radical (unpaired) electrons. The van der Waals surface area contributed by atoms with E-state index in [1.54, 1.807) is 6.26 Å². The molecule has 3 nitrogen and oxygen atoms in total. The molecule has 1 aromatic carbocycles. The number of carbonyl (C=O) groups excluding carboxylic acids is 1. The van der Waals surface area contributed by atoms with Gasteiger partial charge in [-0.25, -0.2) is 0 Å². The molecular formula is C14H15NO2. The zero-order valence-electron chi connectivity index (χ0n) is 9.82. The van der Waals surface area contributed by atoms with Crippen molar-refractivity contribution in [3.05, 3.63) is 41.7 Å². The lowest BCUT2D eigenvalue weighted by Gasteiger charge is -2.28. The zero-order valence-corrected chi connectivity index (χ0v) is 9.82. The van der Waals surface area contributed by atoms with Crippen molar-refractivity contribution in [2.75, 3.05) is 11.9 Å². The summed E-state index contributed by atoms with van der Waals surface area (Å²) >= 11 is 0. The number of benzene rings is 1. The molecule has 2 aliphatic heterocycles. The highest BCUT2D eigenvalue weighted by atomic mass is 16.5. The van der Waals surface area contributed by atoms with Gasteiger partial charge in [0, 0.05) is 5.69 Å². The van der Waals surface area contributed by atoms with E-state index in [0.717, 1.165) is 36.3 Å². The molecule has 0 spiro atoms. The van der Waals surface area contributed by atoms with Gasteiger partial charge in [-0.3, -0.25) is 4.79 Å². The Balaban J connectivity index is 2.12. The minimum Gasteiger partial charge on any atom is -0.501 e. The number of rotatable bonds is 1. The molecule has 3 heteroatoms. The third kappa shape index (κ3) is 1.38. The number of hydrogen-bond donors (Lipinski definition) is 1. The van der Waals surface area contributed by atoms with Crippen molar-refractivity contribution >= 4 is 11.6 Å². The van der Waals surface area contributed by atoms with Crippen molar-refractivity contribution in [3.8, 4) is 0 Å². The van der Waals surface area contributed by atoms with E-state index in [0.29, 0.717) is 0 Å². The molecule has 0 aromatic heterocycles. The monoisotopic (exact) mass is 229 g/mol. The molecule has 2 heterocycles. The second-order valence-electron chi connectivity index (χ2n) is 4.74. The van der Waals surface area contributed by atoms with Gasteiger partial charge in [0.2, 0.25) is 5.91 Å². The van der Waals surface area contributed by atoms with Crippen LogP contribution in [0.15, 0.2) is 36.1 Å². The van der Waals surface area contributed by atoms with Crippen molar-refractivity contribution in [1.82, 2.24) is 0 Å². The highest BCUT2D eigenvalue weighted by molar-refractivity contribution is 6.08. The smallest absolute Gasteiger partial charge is 0.239 e. The maximum atomic E-state index is 12.2. The van der Waals surface area contributed by atoms with E-state index in [-0.39, 0.29) is 5.91 Å². The van der Waals surface area contributed by atoms with E-state index >= 15 is 0 Å². The van der Waals surface area contributed by atoms with Crippen molar-refractivity contribution in [1.29, 1.82) is 0 Å². The molecule has 0 fully saturated rings. The van der Waals surface area contributed by atoms with E-state index in [1.807, 2.05) is 31.2 Å². The minimum absolute atomic E-state index is 0.0513. The summed E-state index contributed by atoms with van der Waals surface area (Å²) in [5.41, 5.74) is 2.50. The molecule has 1 amide bonds. The quantitative estimate of drug-likeness (QED) is 0.803. The fourth-order valence-corrected chi connectivity index (χ4v) is 2.65. The number of ether oxygens (including phenoxy) is 1. The SMILES string of the molecule is CC1(C2=COCCC2)C(=O)Nc2ccccc21. The van der Waals surface area contributed by atoms with Crippen LogP contribution in [0.5, 0.6) is 0 Å². The van der Waals surface area contributed by atoms with Crippen LogP contribution in [-0.2, 0) is 14.9 Å². The Morgan fingerprint density at radius 2 is 2.18 bits per heavy atom. The van der Waals surface area contributed by atoms with Gasteiger partial charge in [-0.1, -0.05) is 18.2 Å². The fourth-order valence-electron chi connectivity index (χ4n) is 2.65. The topological polar surface area (TPSA) is 38.3 Å². The first-order valence-electron chi connectivity index (χ1n) is 5.95. The van der Waals surface area contributed by atoms with Crippen LogP contribution in [0.3, 0.4) is 0 Å². The number of anilines is 1. The Morgan fingerprint density at radius 3 is 2.94 bits per heavy atom. The molecule has 1 aromatic rings. The average Bonchev–Trinajstić information content (AvgIpc) is 2.64. The van der Waals surface area contributed by atoms with Crippen molar-refractivity contribution in [2.24, 2.45) is 0 Å². The molecule has 88 valence electrons. The Morgan fingerprint density at radius 1 is 1.35 bits per heavy atom. The van der Waals surface area contributed by atoms with Gasteiger partial charge in [0.1, 0.15) is 0 Å². The third-order valence-corrected chi connectivity index (χ3v) is 3.74. The van der Waals surface area contributed by atoms with E-state index in [9.17, 15) is 4.79 Å². The highest BCUT2D eigenvalue weighted by Crippen LogP contribution is 2.44. The molecule has 2 aliphatic rings. The molecule has 17 heavy (non-hydrogen) atoms. The van der Waals surface area contributed by atoms with Gasteiger partial charge in [0.15, 0.2) is 0 Å². The van der Waals surface area contributed by atoms with Crippen molar-refractivity contribution in [3.63, 3.8) is 0 Å². The lowest BCUT2D eigenvalue weighted by molar-refractivity contribution is -0.119. The lowest BCUT2D eigenvalue weighted by atomic mass is 9.75. The van der Waals surface area contributed by atoms with Gasteiger partial charge in [-0.05, 0) is 37.0 Å². The van der Waals surface area contributed by atoms with E-state index in [4.69, 9.17) is 4.74 Å². The minimum atomic E-state index is -0.559. The molecule has 0 saturated carbocycles. The van der Waals surface area contributed by atoms with Crippen LogP contribution in [0.25, 0.3) is 0 Å². The second-order valence-corrected chi connectivity index (χ2v) is 4.74. The summed E-state index contributed by atoms with van der Waals surface area (Å²) in [5, 5.41) is 2.95. The van der Waals surface area contributed by atoms with Gasteiger partial charge in [-0.2, -0.15) is 0 Å². The largest absolute Gasteiger partial charge is 0.501 e. The van der Waals surface area contributed by atoms with Crippen LogP contribution in [0.4, 0.5) is 5.69 Å². The maximum absolute atomic E-state index is 12.2. The second kappa shape index (κ2) is 3.62. The van der Waals surface area contributed by atoms with Crippen LogP contribution in [0.2, 0.25) is 0 Å². The van der Waals surface area contributed by atoms with Crippen molar-refractivity contribution in [2.45, 2.75) is 25.2 Å². The molecule has 1 atom stereocenters. The van der Waals surface area contributed by atoms with Gasteiger partial charge in [0.05, 0.1) is 18.3 Å². The fraction of sp³-hybridized carbons (Fsp3) is 0.357. The predicted octanol–water partition coefficient (Wildman–Crippen LogP) is 2.59. The van der Waals surface area contributed by atoms with Crippen LogP contribution < -0.4 is 5.32 Å². The van der Waals surface area contributed by atoms with E-state index in [1.165, 1.54) is 0 Å². The van der Waals surface area contributed by atoms with Gasteiger partial charge in [-0.15, -0.1) is 0 Å². The lowest BCUT2D eigenvalue weighted by Crippen LogP contribution is -2.34. The van der Waals surface area contributed by atoms with Gasteiger partial charge < -0.3 is 10.1 Å². The van der Waals surface area contributed by atoms with E-state index in [2.05, 4.69) is 5.32 Å². The first kappa shape index (κ1) is 10.4. The molecule has 0 bridgehead atoms. The summed E-state index contributed by atoms with van der Waals surface area (Å²) < 4.78 is 5.38. The molecular weight excluding hydrogens is 214 g/mol. The molecule has 0 saturated heterocycles.